The van der Waals surface area contributed by atoms with Crippen molar-refractivity contribution in [1.82, 2.24) is 20.3 Å². The Morgan fingerprint density at radius 3 is 3.08 bits per heavy atom. The summed E-state index contributed by atoms with van der Waals surface area (Å²) in [6, 6.07) is 2.39. The van der Waals surface area contributed by atoms with E-state index in [4.69, 9.17) is 9.94 Å². The van der Waals surface area contributed by atoms with Crippen LogP contribution < -0.4 is 5.48 Å². The van der Waals surface area contributed by atoms with Gasteiger partial charge in [-0.05, 0) is 37.9 Å². The fraction of sp³-hybridized carbons (Fsp3) is 0.647. The lowest BCUT2D eigenvalue weighted by Crippen LogP contribution is -2.66. The van der Waals surface area contributed by atoms with Gasteiger partial charge >= 0.3 is 0 Å². The molecule has 130 valence electrons. The topological polar surface area (TPSA) is 77.9 Å². The average Bonchev–Trinajstić information content (AvgIpc) is 2.59. The number of likely N-dealkylation sites (N-methyl/N-ethyl adjacent to an activating group) is 1. The lowest BCUT2D eigenvalue weighted by Gasteiger charge is -2.53. The quantitative estimate of drug-likeness (QED) is 0.604. The number of ether oxygens (including phenoxy) is 1. The van der Waals surface area contributed by atoms with Crippen LogP contribution in [0.25, 0.3) is 0 Å². The van der Waals surface area contributed by atoms with E-state index in [1.54, 1.807) is 11.7 Å². The van der Waals surface area contributed by atoms with Crippen molar-refractivity contribution in [3.05, 3.63) is 29.1 Å². The van der Waals surface area contributed by atoms with Gasteiger partial charge in [-0.3, -0.25) is 19.9 Å². The number of carbonyl (C=O) groups excluding carboxylic acids is 1. The average molecular weight is 332 g/mol. The van der Waals surface area contributed by atoms with Crippen molar-refractivity contribution in [3.63, 3.8) is 0 Å². The van der Waals surface area contributed by atoms with E-state index in [1.165, 1.54) is 0 Å². The molecule has 24 heavy (non-hydrogen) atoms. The number of nitrogens with zero attached hydrogens (tertiary/aromatic N) is 3. The first-order valence-corrected chi connectivity index (χ1v) is 8.57. The largest absolute Gasteiger partial charge is 0.372 e. The molecule has 0 radical (unpaired) electrons. The first-order valence-electron chi connectivity index (χ1n) is 8.57. The molecule has 1 spiro atoms. The van der Waals surface area contributed by atoms with Crippen molar-refractivity contribution in [3.8, 4) is 0 Å². The number of nitrogens with one attached hydrogen (secondary N) is 1. The van der Waals surface area contributed by atoms with Crippen molar-refractivity contribution in [1.29, 1.82) is 0 Å². The lowest BCUT2D eigenvalue weighted by molar-refractivity contribution is -0.176. The molecule has 0 bridgehead atoms. The van der Waals surface area contributed by atoms with Gasteiger partial charge in [0.1, 0.15) is 0 Å². The Morgan fingerprint density at radius 2 is 2.33 bits per heavy atom. The van der Waals surface area contributed by atoms with Crippen LogP contribution >= 0.6 is 0 Å². The highest BCUT2D eigenvalue weighted by Gasteiger charge is 2.47. The monoisotopic (exact) mass is 332 g/mol. The highest BCUT2D eigenvalue weighted by molar-refractivity contribution is 5.93. The second-order valence-electron chi connectivity index (χ2n) is 7.34. The Kier molecular flexibility index (Phi) is 4.04. The van der Waals surface area contributed by atoms with Crippen LogP contribution in [0, 0.1) is 0 Å². The van der Waals surface area contributed by atoms with E-state index >= 15 is 0 Å². The fourth-order valence-electron chi connectivity index (χ4n) is 4.40. The summed E-state index contributed by atoms with van der Waals surface area (Å²) in [7, 11) is 2.14. The predicted octanol–water partition coefficient (Wildman–Crippen LogP) is 0.422. The normalized spacial score (nSPS) is 26.7. The zero-order chi connectivity index (χ0) is 16.7. The van der Waals surface area contributed by atoms with Crippen molar-refractivity contribution in [2.24, 2.45) is 0 Å². The maximum atomic E-state index is 11.5. The molecule has 2 fully saturated rings. The number of fused-ring (bicyclic) bond motifs is 1. The Labute approximate surface area is 141 Å². The van der Waals surface area contributed by atoms with Gasteiger partial charge in [0.2, 0.25) is 0 Å². The second kappa shape index (κ2) is 6.07. The van der Waals surface area contributed by atoms with Gasteiger partial charge in [-0.2, -0.15) is 0 Å². The number of hydrogen-bond donors (Lipinski definition) is 2. The zero-order valence-corrected chi connectivity index (χ0v) is 14.0. The number of rotatable bonds is 2. The van der Waals surface area contributed by atoms with Gasteiger partial charge in [0.15, 0.2) is 0 Å². The van der Waals surface area contributed by atoms with Gasteiger partial charge in [0.25, 0.3) is 5.91 Å². The maximum absolute atomic E-state index is 11.5. The highest BCUT2D eigenvalue weighted by atomic mass is 16.5. The summed E-state index contributed by atoms with van der Waals surface area (Å²) < 4.78 is 6.06. The fourth-order valence-corrected chi connectivity index (χ4v) is 4.40. The molecular weight excluding hydrogens is 308 g/mol. The van der Waals surface area contributed by atoms with Crippen LogP contribution in [-0.4, -0.2) is 70.8 Å². The standard InChI is InChI=1S/C17H24N4O3/c1-20-10-17(11-20)7-14(3-5-24-17)21-4-2-12-6-13(16(22)19-23)8-18-15(12)9-21/h6,8,14,23H,2-5,7,9-11H2,1H3,(H,19,22)/t14-/m0/s1. The molecule has 3 aliphatic rings. The Bertz CT molecular complexity index is 639. The first-order chi connectivity index (χ1) is 11.6. The molecule has 2 N–H and O–H groups in total. The van der Waals surface area contributed by atoms with Gasteiger partial charge in [0.05, 0.1) is 16.9 Å². The minimum absolute atomic E-state index is 0.0639. The number of aromatic nitrogens is 1. The van der Waals surface area contributed by atoms with Crippen LogP contribution in [0.2, 0.25) is 0 Å². The number of amides is 1. The number of hydrogen-bond acceptors (Lipinski definition) is 6. The minimum Gasteiger partial charge on any atom is -0.372 e. The maximum Gasteiger partial charge on any atom is 0.276 e. The van der Waals surface area contributed by atoms with Gasteiger partial charge in [-0.25, -0.2) is 5.48 Å². The third-order valence-corrected chi connectivity index (χ3v) is 5.54. The summed E-state index contributed by atoms with van der Waals surface area (Å²) in [5.74, 6) is -0.506. The molecule has 4 rings (SSSR count). The molecule has 1 atom stereocenters. The molecule has 3 aliphatic heterocycles. The number of carbonyl (C=O) groups is 1. The number of pyridine rings is 1. The SMILES string of the molecule is CN1CC2(C[C@@H](N3CCc4cc(C(=O)NO)cnc4C3)CCO2)C1. The smallest absolute Gasteiger partial charge is 0.276 e. The van der Waals surface area contributed by atoms with E-state index < -0.39 is 5.91 Å². The van der Waals surface area contributed by atoms with Crippen LogP contribution in [0.1, 0.15) is 34.5 Å². The van der Waals surface area contributed by atoms with Crippen LogP contribution in [-0.2, 0) is 17.7 Å². The van der Waals surface area contributed by atoms with Crippen molar-refractivity contribution in [2.45, 2.75) is 37.5 Å². The van der Waals surface area contributed by atoms with E-state index in [0.29, 0.717) is 11.6 Å². The van der Waals surface area contributed by atoms with E-state index in [1.807, 2.05) is 6.07 Å². The third-order valence-electron chi connectivity index (χ3n) is 5.54. The third kappa shape index (κ3) is 2.82. The van der Waals surface area contributed by atoms with E-state index in [9.17, 15) is 4.79 Å². The van der Waals surface area contributed by atoms with Gasteiger partial charge in [-0.15, -0.1) is 0 Å². The molecular formula is C17H24N4O3. The molecule has 7 nitrogen and oxygen atoms in total. The van der Waals surface area contributed by atoms with E-state index in [2.05, 4.69) is 21.8 Å². The summed E-state index contributed by atoms with van der Waals surface area (Å²) in [4.78, 5) is 20.8. The van der Waals surface area contributed by atoms with Gasteiger partial charge < -0.3 is 9.64 Å². The Hall–Kier alpha value is -1.54. The van der Waals surface area contributed by atoms with Crippen LogP contribution in [0.15, 0.2) is 12.3 Å². The number of hydroxylamine groups is 1. The lowest BCUT2D eigenvalue weighted by atomic mass is 9.83. The molecule has 1 aromatic rings. The summed E-state index contributed by atoms with van der Waals surface area (Å²) in [6.07, 6.45) is 4.60. The molecule has 0 aliphatic carbocycles. The van der Waals surface area contributed by atoms with Crippen LogP contribution in [0.3, 0.4) is 0 Å². The van der Waals surface area contributed by atoms with E-state index in [-0.39, 0.29) is 5.60 Å². The molecule has 0 unspecified atom stereocenters. The second-order valence-corrected chi connectivity index (χ2v) is 7.34. The molecule has 1 aromatic heterocycles. The van der Waals surface area contributed by atoms with Crippen LogP contribution in [0.4, 0.5) is 0 Å². The van der Waals surface area contributed by atoms with Crippen LogP contribution in [0.5, 0.6) is 0 Å². The van der Waals surface area contributed by atoms with Crippen molar-refractivity contribution >= 4 is 5.91 Å². The predicted molar refractivity (Wildman–Crippen MR) is 86.8 cm³/mol. The summed E-state index contributed by atoms with van der Waals surface area (Å²) >= 11 is 0. The minimum atomic E-state index is -0.506. The summed E-state index contributed by atoms with van der Waals surface area (Å²) in [6.45, 7) is 4.71. The summed E-state index contributed by atoms with van der Waals surface area (Å²) in [5, 5.41) is 8.75. The molecule has 0 saturated carbocycles. The van der Waals surface area contributed by atoms with Gasteiger partial charge in [0, 0.05) is 45.0 Å². The Morgan fingerprint density at radius 1 is 1.50 bits per heavy atom. The molecule has 4 heterocycles. The molecule has 2 saturated heterocycles. The van der Waals surface area contributed by atoms with E-state index in [0.717, 1.165) is 63.3 Å². The molecule has 7 heteroatoms. The van der Waals surface area contributed by atoms with Crippen molar-refractivity contribution in [2.75, 3.05) is 33.3 Å². The molecule has 0 aromatic carbocycles. The highest BCUT2D eigenvalue weighted by Crippen LogP contribution is 2.36. The first kappa shape index (κ1) is 16.0. The summed E-state index contributed by atoms with van der Waals surface area (Å²) in [5.41, 5.74) is 4.29. The molecule has 1 amide bonds. The Balaban J connectivity index is 1.45. The number of likely N-dealkylation sites (tertiary alicyclic amines) is 1. The zero-order valence-electron chi connectivity index (χ0n) is 14.0. The van der Waals surface area contributed by atoms with Crippen molar-refractivity contribution < 1.29 is 14.7 Å². The van der Waals surface area contributed by atoms with Gasteiger partial charge in [-0.1, -0.05) is 0 Å².